The van der Waals surface area contributed by atoms with Crippen molar-refractivity contribution in [2.24, 2.45) is 0 Å². The zero-order chi connectivity index (χ0) is 20.5. The Morgan fingerprint density at radius 1 is 1.00 bits per heavy atom. The first-order chi connectivity index (χ1) is 14.7. The van der Waals surface area contributed by atoms with Crippen LogP contribution in [0, 0.1) is 0 Å². The van der Waals surface area contributed by atoms with E-state index in [1.165, 1.54) is 11.1 Å². The molecule has 0 spiro atoms. The van der Waals surface area contributed by atoms with E-state index in [0.717, 1.165) is 61.2 Å². The molecule has 30 heavy (non-hydrogen) atoms. The Labute approximate surface area is 176 Å². The predicted octanol–water partition coefficient (Wildman–Crippen LogP) is 4.85. The van der Waals surface area contributed by atoms with Crippen LogP contribution in [0.4, 0.5) is 0 Å². The zero-order valence-electron chi connectivity index (χ0n) is 17.4. The Morgan fingerprint density at radius 2 is 1.87 bits per heavy atom. The molecule has 2 aliphatic heterocycles. The molecule has 0 N–H and O–H groups in total. The van der Waals surface area contributed by atoms with Crippen molar-refractivity contribution in [3.8, 4) is 11.5 Å². The van der Waals surface area contributed by atoms with Crippen LogP contribution in [-0.4, -0.2) is 24.7 Å². The molecule has 5 rings (SSSR count). The lowest BCUT2D eigenvalue weighted by atomic mass is 10.0. The van der Waals surface area contributed by atoms with E-state index in [0.29, 0.717) is 24.8 Å². The summed E-state index contributed by atoms with van der Waals surface area (Å²) < 4.78 is 17.2. The maximum Gasteiger partial charge on any atom is 0.336 e. The van der Waals surface area contributed by atoms with Gasteiger partial charge < -0.3 is 13.9 Å². The minimum atomic E-state index is -0.280. The van der Waals surface area contributed by atoms with Crippen LogP contribution < -0.4 is 15.1 Å². The molecule has 2 aliphatic rings. The van der Waals surface area contributed by atoms with Crippen molar-refractivity contribution in [1.82, 2.24) is 4.90 Å². The molecular formula is C25H27NO4. The second-order valence-corrected chi connectivity index (χ2v) is 8.16. The molecule has 3 aromatic rings. The maximum absolute atomic E-state index is 12.2. The van der Waals surface area contributed by atoms with Crippen LogP contribution in [0.3, 0.4) is 0 Å². The van der Waals surface area contributed by atoms with Gasteiger partial charge in [0.2, 0.25) is 0 Å². The Balaban J connectivity index is 1.45. The normalized spacial score (nSPS) is 19.2. The average molecular weight is 405 g/mol. The first-order valence-electron chi connectivity index (χ1n) is 10.9. The molecular weight excluding hydrogens is 378 g/mol. The van der Waals surface area contributed by atoms with E-state index in [1.807, 2.05) is 12.1 Å². The first-order valence-corrected chi connectivity index (χ1v) is 10.9. The average Bonchev–Trinajstić information content (AvgIpc) is 3.08. The molecule has 0 bridgehead atoms. The van der Waals surface area contributed by atoms with Gasteiger partial charge in [-0.15, -0.1) is 0 Å². The quantitative estimate of drug-likeness (QED) is 0.581. The lowest BCUT2D eigenvalue weighted by Gasteiger charge is -2.26. The van der Waals surface area contributed by atoms with E-state index in [4.69, 9.17) is 13.9 Å². The Kier molecular flexibility index (Phi) is 5.21. The van der Waals surface area contributed by atoms with Gasteiger partial charge in [-0.2, -0.15) is 0 Å². The van der Waals surface area contributed by atoms with Gasteiger partial charge in [0.05, 0.1) is 13.2 Å². The largest absolute Gasteiger partial charge is 0.490 e. The van der Waals surface area contributed by atoms with Gasteiger partial charge in [-0.25, -0.2) is 4.79 Å². The molecule has 0 unspecified atom stereocenters. The zero-order valence-corrected chi connectivity index (χ0v) is 17.4. The molecule has 1 saturated heterocycles. The number of ether oxygens (including phenoxy) is 2. The van der Waals surface area contributed by atoms with Crippen LogP contribution in [0.1, 0.15) is 48.9 Å². The number of rotatable bonds is 4. The Bertz CT molecular complexity index is 1120. The highest BCUT2D eigenvalue weighted by molar-refractivity contribution is 5.80. The van der Waals surface area contributed by atoms with Crippen LogP contribution >= 0.6 is 0 Å². The number of nitrogens with zero attached hydrogens (tertiary/aromatic N) is 1. The summed E-state index contributed by atoms with van der Waals surface area (Å²) in [6.07, 6.45) is 4.06. The number of benzene rings is 2. The van der Waals surface area contributed by atoms with Gasteiger partial charge in [0, 0.05) is 30.5 Å². The minimum absolute atomic E-state index is 0.280. The van der Waals surface area contributed by atoms with Crippen molar-refractivity contribution < 1.29 is 13.9 Å². The SMILES string of the molecule is CCc1ccc2c(CN3CCC[C@H]3c3ccc4c(c3)OCCCO4)cc(=O)oc2c1. The number of hydrogen-bond donors (Lipinski definition) is 0. The monoisotopic (exact) mass is 405 g/mol. The van der Waals surface area contributed by atoms with Gasteiger partial charge >= 0.3 is 5.63 Å². The summed E-state index contributed by atoms with van der Waals surface area (Å²) in [5.41, 5.74) is 3.86. The summed E-state index contributed by atoms with van der Waals surface area (Å²) in [5.74, 6) is 1.67. The lowest BCUT2D eigenvalue weighted by molar-refractivity contribution is 0.248. The van der Waals surface area contributed by atoms with E-state index in [1.54, 1.807) is 6.07 Å². The fraction of sp³-hybridized carbons (Fsp3) is 0.400. The van der Waals surface area contributed by atoms with Gasteiger partial charge in [-0.3, -0.25) is 4.90 Å². The van der Waals surface area contributed by atoms with E-state index in [9.17, 15) is 4.79 Å². The van der Waals surface area contributed by atoms with E-state index >= 15 is 0 Å². The van der Waals surface area contributed by atoms with Crippen molar-refractivity contribution in [3.05, 3.63) is 69.6 Å². The fourth-order valence-corrected chi connectivity index (χ4v) is 4.62. The van der Waals surface area contributed by atoms with Crippen LogP contribution in [0.5, 0.6) is 11.5 Å². The third kappa shape index (κ3) is 3.70. The van der Waals surface area contributed by atoms with Crippen LogP contribution in [0.2, 0.25) is 0 Å². The predicted molar refractivity (Wildman–Crippen MR) is 116 cm³/mol. The second-order valence-electron chi connectivity index (χ2n) is 8.16. The molecule has 2 aromatic carbocycles. The summed E-state index contributed by atoms with van der Waals surface area (Å²) in [6.45, 7) is 5.23. The minimum Gasteiger partial charge on any atom is -0.490 e. The molecule has 0 amide bonds. The smallest absolute Gasteiger partial charge is 0.336 e. The fourth-order valence-electron chi connectivity index (χ4n) is 4.62. The van der Waals surface area contributed by atoms with Crippen molar-refractivity contribution in [3.63, 3.8) is 0 Å². The molecule has 5 nitrogen and oxygen atoms in total. The van der Waals surface area contributed by atoms with Gasteiger partial charge in [-0.1, -0.05) is 25.1 Å². The van der Waals surface area contributed by atoms with Crippen molar-refractivity contribution in [2.75, 3.05) is 19.8 Å². The molecule has 1 fully saturated rings. The second kappa shape index (κ2) is 8.15. The number of hydrogen-bond acceptors (Lipinski definition) is 5. The maximum atomic E-state index is 12.2. The summed E-state index contributed by atoms with van der Waals surface area (Å²) in [4.78, 5) is 14.7. The molecule has 0 saturated carbocycles. The van der Waals surface area contributed by atoms with Gasteiger partial charge in [0.25, 0.3) is 0 Å². The Morgan fingerprint density at radius 3 is 2.73 bits per heavy atom. The van der Waals surface area contributed by atoms with E-state index in [2.05, 4.69) is 36.1 Å². The highest BCUT2D eigenvalue weighted by atomic mass is 16.5. The van der Waals surface area contributed by atoms with Crippen LogP contribution in [0.15, 0.2) is 51.7 Å². The highest BCUT2D eigenvalue weighted by Crippen LogP contribution is 2.38. The van der Waals surface area contributed by atoms with E-state index in [-0.39, 0.29) is 5.63 Å². The number of fused-ring (bicyclic) bond motifs is 2. The lowest BCUT2D eigenvalue weighted by Crippen LogP contribution is -2.23. The van der Waals surface area contributed by atoms with Crippen molar-refractivity contribution in [1.29, 1.82) is 0 Å². The molecule has 156 valence electrons. The molecule has 0 radical (unpaired) electrons. The third-order valence-corrected chi connectivity index (χ3v) is 6.20. The summed E-state index contributed by atoms with van der Waals surface area (Å²) in [6, 6.07) is 14.5. The van der Waals surface area contributed by atoms with E-state index < -0.39 is 0 Å². The van der Waals surface area contributed by atoms with Gasteiger partial charge in [0.1, 0.15) is 5.58 Å². The standard InChI is InChI=1S/C25H27NO4/c1-2-17-6-8-20-19(15-25(27)30-23(20)13-17)16-26-10-3-5-21(26)18-7-9-22-24(14-18)29-12-4-11-28-22/h6-9,13-15,21H,2-5,10-12,16H2,1H3/t21-/m0/s1. The summed E-state index contributed by atoms with van der Waals surface area (Å²) in [5, 5.41) is 1.02. The first kappa shape index (κ1) is 19.2. The Hall–Kier alpha value is -2.79. The van der Waals surface area contributed by atoms with Crippen LogP contribution in [-0.2, 0) is 13.0 Å². The summed E-state index contributed by atoms with van der Waals surface area (Å²) >= 11 is 0. The number of likely N-dealkylation sites (tertiary alicyclic amines) is 1. The molecule has 1 aromatic heterocycles. The number of aryl methyl sites for hydroxylation is 1. The molecule has 1 atom stereocenters. The highest BCUT2D eigenvalue weighted by Gasteiger charge is 2.28. The van der Waals surface area contributed by atoms with Crippen molar-refractivity contribution in [2.45, 2.75) is 45.2 Å². The molecule has 3 heterocycles. The van der Waals surface area contributed by atoms with Gasteiger partial charge in [-0.05, 0) is 60.7 Å². The topological polar surface area (TPSA) is 51.9 Å². The molecule has 0 aliphatic carbocycles. The third-order valence-electron chi connectivity index (χ3n) is 6.20. The van der Waals surface area contributed by atoms with Crippen LogP contribution in [0.25, 0.3) is 11.0 Å². The van der Waals surface area contributed by atoms with Gasteiger partial charge in [0.15, 0.2) is 11.5 Å². The van der Waals surface area contributed by atoms with Crippen molar-refractivity contribution >= 4 is 11.0 Å². The summed E-state index contributed by atoms with van der Waals surface area (Å²) in [7, 11) is 0. The molecule has 5 heteroatoms.